The SMILES string of the molecule is CCCOC(=O)CC(=O)c1ccc(OCC)cc1OCC. The first-order chi connectivity index (χ1) is 10.1. The first kappa shape index (κ1) is 17.0. The summed E-state index contributed by atoms with van der Waals surface area (Å²) in [6.45, 7) is 6.89. The smallest absolute Gasteiger partial charge is 0.313 e. The zero-order valence-corrected chi connectivity index (χ0v) is 12.8. The van der Waals surface area contributed by atoms with E-state index >= 15 is 0 Å². The summed E-state index contributed by atoms with van der Waals surface area (Å²) in [6.07, 6.45) is 0.446. The average Bonchev–Trinajstić information content (AvgIpc) is 2.46. The molecule has 116 valence electrons. The van der Waals surface area contributed by atoms with Crippen molar-refractivity contribution in [2.75, 3.05) is 19.8 Å². The molecule has 5 heteroatoms. The first-order valence-corrected chi connectivity index (χ1v) is 7.20. The summed E-state index contributed by atoms with van der Waals surface area (Å²) < 4.78 is 15.8. The molecular formula is C16H22O5. The number of esters is 1. The van der Waals surface area contributed by atoms with Gasteiger partial charge in [-0.3, -0.25) is 9.59 Å². The van der Waals surface area contributed by atoms with Crippen LogP contribution < -0.4 is 9.47 Å². The lowest BCUT2D eigenvalue weighted by atomic mass is 10.1. The Morgan fingerprint density at radius 1 is 1.05 bits per heavy atom. The summed E-state index contributed by atoms with van der Waals surface area (Å²) >= 11 is 0. The van der Waals surface area contributed by atoms with E-state index in [4.69, 9.17) is 14.2 Å². The van der Waals surface area contributed by atoms with Crippen molar-refractivity contribution in [3.05, 3.63) is 23.8 Å². The number of hydrogen-bond acceptors (Lipinski definition) is 5. The predicted octanol–water partition coefficient (Wildman–Crippen LogP) is 3.01. The van der Waals surface area contributed by atoms with Crippen LogP contribution in [0.4, 0.5) is 0 Å². The number of rotatable bonds is 9. The van der Waals surface area contributed by atoms with Gasteiger partial charge in [-0.05, 0) is 32.4 Å². The maximum atomic E-state index is 12.2. The summed E-state index contributed by atoms with van der Waals surface area (Å²) in [5.41, 5.74) is 0.369. The third-order valence-corrected chi connectivity index (χ3v) is 2.64. The molecule has 0 bridgehead atoms. The maximum Gasteiger partial charge on any atom is 0.313 e. The normalized spacial score (nSPS) is 10.0. The Balaban J connectivity index is 2.84. The van der Waals surface area contributed by atoms with Crippen LogP contribution in [0.3, 0.4) is 0 Å². The summed E-state index contributed by atoms with van der Waals surface area (Å²) in [5, 5.41) is 0. The molecule has 1 rings (SSSR count). The van der Waals surface area contributed by atoms with Crippen LogP contribution in [0.1, 0.15) is 44.0 Å². The van der Waals surface area contributed by atoms with Crippen LogP contribution in [-0.4, -0.2) is 31.6 Å². The van der Waals surface area contributed by atoms with Gasteiger partial charge in [0, 0.05) is 6.07 Å². The molecule has 0 saturated heterocycles. The fourth-order valence-corrected chi connectivity index (χ4v) is 1.76. The van der Waals surface area contributed by atoms with Crippen molar-refractivity contribution in [3.63, 3.8) is 0 Å². The van der Waals surface area contributed by atoms with E-state index in [9.17, 15) is 9.59 Å². The average molecular weight is 294 g/mol. The number of ketones is 1. The molecule has 0 N–H and O–H groups in total. The van der Waals surface area contributed by atoms with Gasteiger partial charge in [-0.2, -0.15) is 0 Å². The van der Waals surface area contributed by atoms with Gasteiger partial charge in [0.1, 0.15) is 17.9 Å². The topological polar surface area (TPSA) is 61.8 Å². The van der Waals surface area contributed by atoms with Crippen LogP contribution in [0.25, 0.3) is 0 Å². The molecule has 0 fully saturated rings. The van der Waals surface area contributed by atoms with Crippen molar-refractivity contribution in [2.45, 2.75) is 33.6 Å². The second-order valence-electron chi connectivity index (χ2n) is 4.34. The monoisotopic (exact) mass is 294 g/mol. The Kier molecular flexibility index (Phi) is 7.29. The molecule has 0 aromatic heterocycles. The van der Waals surface area contributed by atoms with Gasteiger partial charge in [0.2, 0.25) is 0 Å². The number of Topliss-reactive ketones (excluding diaryl/α,β-unsaturated/α-hetero) is 1. The quantitative estimate of drug-likeness (QED) is 0.398. The van der Waals surface area contributed by atoms with Gasteiger partial charge in [-0.25, -0.2) is 0 Å². The largest absolute Gasteiger partial charge is 0.494 e. The fraction of sp³-hybridized carbons (Fsp3) is 0.500. The van der Waals surface area contributed by atoms with E-state index in [1.54, 1.807) is 18.2 Å². The Hall–Kier alpha value is -2.04. The van der Waals surface area contributed by atoms with Gasteiger partial charge < -0.3 is 14.2 Å². The van der Waals surface area contributed by atoms with Gasteiger partial charge in [0.05, 0.1) is 25.4 Å². The van der Waals surface area contributed by atoms with Crippen molar-refractivity contribution in [2.24, 2.45) is 0 Å². The minimum atomic E-state index is -0.516. The second-order valence-corrected chi connectivity index (χ2v) is 4.34. The van der Waals surface area contributed by atoms with E-state index in [1.807, 2.05) is 20.8 Å². The third-order valence-electron chi connectivity index (χ3n) is 2.64. The molecular weight excluding hydrogens is 272 g/mol. The summed E-state index contributed by atoms with van der Waals surface area (Å²) in [7, 11) is 0. The van der Waals surface area contributed by atoms with Crippen LogP contribution in [0.15, 0.2) is 18.2 Å². The molecule has 1 aromatic carbocycles. The van der Waals surface area contributed by atoms with Crippen molar-refractivity contribution in [3.8, 4) is 11.5 Å². The highest BCUT2D eigenvalue weighted by atomic mass is 16.5. The Bertz CT molecular complexity index is 482. The van der Waals surface area contributed by atoms with Crippen molar-refractivity contribution < 1.29 is 23.8 Å². The van der Waals surface area contributed by atoms with Crippen LogP contribution in [0.5, 0.6) is 11.5 Å². The Morgan fingerprint density at radius 2 is 1.76 bits per heavy atom. The van der Waals surface area contributed by atoms with Gasteiger partial charge >= 0.3 is 5.97 Å². The lowest BCUT2D eigenvalue weighted by molar-refractivity contribution is -0.142. The van der Waals surface area contributed by atoms with Crippen LogP contribution in [0, 0.1) is 0 Å². The van der Waals surface area contributed by atoms with Gasteiger partial charge in [0.15, 0.2) is 5.78 Å². The van der Waals surface area contributed by atoms with Crippen molar-refractivity contribution in [1.82, 2.24) is 0 Å². The number of benzene rings is 1. The van der Waals surface area contributed by atoms with Gasteiger partial charge in [-0.1, -0.05) is 6.92 Å². The molecule has 0 heterocycles. The molecule has 21 heavy (non-hydrogen) atoms. The van der Waals surface area contributed by atoms with Crippen molar-refractivity contribution in [1.29, 1.82) is 0 Å². The van der Waals surface area contributed by atoms with E-state index in [0.29, 0.717) is 36.9 Å². The van der Waals surface area contributed by atoms with Crippen LogP contribution in [0.2, 0.25) is 0 Å². The van der Waals surface area contributed by atoms with E-state index < -0.39 is 5.97 Å². The molecule has 5 nitrogen and oxygen atoms in total. The highest BCUT2D eigenvalue weighted by Gasteiger charge is 2.18. The minimum absolute atomic E-state index is 0.284. The molecule has 0 aliphatic carbocycles. The Labute approximate surface area is 125 Å². The number of hydrogen-bond donors (Lipinski definition) is 0. The summed E-state index contributed by atoms with van der Waals surface area (Å²) in [5.74, 6) is 0.226. The van der Waals surface area contributed by atoms with E-state index in [0.717, 1.165) is 6.42 Å². The molecule has 0 saturated carbocycles. The first-order valence-electron chi connectivity index (χ1n) is 7.20. The molecule has 0 aliphatic heterocycles. The third kappa shape index (κ3) is 5.45. The molecule has 0 atom stereocenters. The van der Waals surface area contributed by atoms with E-state index in [-0.39, 0.29) is 12.2 Å². The maximum absolute atomic E-state index is 12.2. The molecule has 0 aliphatic rings. The standard InChI is InChI=1S/C16H22O5/c1-4-9-21-16(18)11-14(17)13-8-7-12(19-5-2)10-15(13)20-6-3/h7-8,10H,4-6,9,11H2,1-3H3. The zero-order chi connectivity index (χ0) is 15.7. The minimum Gasteiger partial charge on any atom is -0.494 e. The number of ether oxygens (including phenoxy) is 3. The second kappa shape index (κ2) is 9.00. The molecule has 0 radical (unpaired) electrons. The van der Waals surface area contributed by atoms with E-state index in [1.165, 1.54) is 0 Å². The van der Waals surface area contributed by atoms with Crippen LogP contribution in [-0.2, 0) is 9.53 Å². The molecule has 0 spiro atoms. The lowest BCUT2D eigenvalue weighted by Crippen LogP contribution is -2.13. The number of carbonyl (C=O) groups is 2. The molecule has 0 amide bonds. The van der Waals surface area contributed by atoms with Crippen LogP contribution >= 0.6 is 0 Å². The van der Waals surface area contributed by atoms with Crippen molar-refractivity contribution >= 4 is 11.8 Å². The molecule has 0 unspecified atom stereocenters. The van der Waals surface area contributed by atoms with Gasteiger partial charge in [-0.15, -0.1) is 0 Å². The van der Waals surface area contributed by atoms with E-state index in [2.05, 4.69) is 0 Å². The zero-order valence-electron chi connectivity index (χ0n) is 12.8. The predicted molar refractivity (Wildman–Crippen MR) is 79.0 cm³/mol. The highest BCUT2D eigenvalue weighted by Crippen LogP contribution is 2.26. The summed E-state index contributed by atoms with van der Waals surface area (Å²) in [6, 6.07) is 4.97. The Morgan fingerprint density at radius 3 is 2.38 bits per heavy atom. The highest BCUT2D eigenvalue weighted by molar-refractivity contribution is 6.07. The molecule has 1 aromatic rings. The van der Waals surface area contributed by atoms with Gasteiger partial charge in [0.25, 0.3) is 0 Å². The number of carbonyl (C=O) groups excluding carboxylic acids is 2. The summed E-state index contributed by atoms with van der Waals surface area (Å²) in [4.78, 5) is 23.7. The lowest BCUT2D eigenvalue weighted by Gasteiger charge is -2.11. The fourth-order valence-electron chi connectivity index (χ4n) is 1.76.